The average molecular weight is 262 g/mol. The number of hydrogen-bond acceptors (Lipinski definition) is 3. The molecule has 1 saturated heterocycles. The van der Waals surface area contributed by atoms with E-state index in [1.807, 2.05) is 23.1 Å². The fraction of sp³-hybridized carbons (Fsp3) is 0.533. The van der Waals surface area contributed by atoms with Crippen LogP contribution in [0.5, 0.6) is 5.75 Å². The number of amides is 1. The number of piperazine rings is 1. The molecule has 0 spiro atoms. The standard InChI is InChI=1S/C15H22N2O2/c1-4-12-9-13(5-6-14(12)19-3)15(18)17-8-7-16-11(2)10-17/h5-6,9,11,16H,4,7-8,10H2,1-3H3. The van der Waals surface area contributed by atoms with Gasteiger partial charge in [0.15, 0.2) is 0 Å². The first-order valence-electron chi connectivity index (χ1n) is 6.85. The van der Waals surface area contributed by atoms with Gasteiger partial charge in [-0.25, -0.2) is 0 Å². The van der Waals surface area contributed by atoms with Crippen molar-refractivity contribution in [1.29, 1.82) is 0 Å². The van der Waals surface area contributed by atoms with E-state index >= 15 is 0 Å². The van der Waals surface area contributed by atoms with Crippen molar-refractivity contribution in [2.75, 3.05) is 26.7 Å². The highest BCUT2D eigenvalue weighted by Gasteiger charge is 2.22. The van der Waals surface area contributed by atoms with Crippen molar-refractivity contribution in [2.45, 2.75) is 26.3 Å². The van der Waals surface area contributed by atoms with E-state index in [0.717, 1.165) is 42.9 Å². The molecule has 1 aliphatic heterocycles. The van der Waals surface area contributed by atoms with Gasteiger partial charge in [0.2, 0.25) is 0 Å². The Morgan fingerprint density at radius 1 is 1.53 bits per heavy atom. The van der Waals surface area contributed by atoms with E-state index < -0.39 is 0 Å². The minimum Gasteiger partial charge on any atom is -0.496 e. The van der Waals surface area contributed by atoms with E-state index in [1.165, 1.54) is 0 Å². The zero-order valence-corrected chi connectivity index (χ0v) is 11.9. The third kappa shape index (κ3) is 3.07. The van der Waals surface area contributed by atoms with Crippen LogP contribution >= 0.6 is 0 Å². The molecule has 19 heavy (non-hydrogen) atoms. The lowest BCUT2D eigenvalue weighted by Crippen LogP contribution is -2.51. The average Bonchev–Trinajstić information content (AvgIpc) is 2.45. The lowest BCUT2D eigenvalue weighted by Gasteiger charge is -2.32. The van der Waals surface area contributed by atoms with Crippen LogP contribution in [0, 0.1) is 0 Å². The molecule has 1 aromatic rings. The molecule has 0 radical (unpaired) electrons. The highest BCUT2D eigenvalue weighted by atomic mass is 16.5. The van der Waals surface area contributed by atoms with Gasteiger partial charge in [0, 0.05) is 31.2 Å². The largest absolute Gasteiger partial charge is 0.496 e. The van der Waals surface area contributed by atoms with E-state index in [2.05, 4.69) is 19.2 Å². The summed E-state index contributed by atoms with van der Waals surface area (Å²) in [5.41, 5.74) is 1.84. The van der Waals surface area contributed by atoms with E-state index in [-0.39, 0.29) is 5.91 Å². The summed E-state index contributed by atoms with van der Waals surface area (Å²) in [4.78, 5) is 14.4. The number of hydrogen-bond donors (Lipinski definition) is 1. The zero-order chi connectivity index (χ0) is 13.8. The first-order chi connectivity index (χ1) is 9.15. The topological polar surface area (TPSA) is 41.6 Å². The smallest absolute Gasteiger partial charge is 0.253 e. The van der Waals surface area contributed by atoms with Crippen LogP contribution in [-0.4, -0.2) is 43.6 Å². The minimum absolute atomic E-state index is 0.116. The molecule has 1 aromatic carbocycles. The fourth-order valence-corrected chi connectivity index (χ4v) is 2.49. The number of methoxy groups -OCH3 is 1. The number of carbonyl (C=O) groups is 1. The molecule has 2 rings (SSSR count). The monoisotopic (exact) mass is 262 g/mol. The van der Waals surface area contributed by atoms with E-state index in [4.69, 9.17) is 4.74 Å². The highest BCUT2D eigenvalue weighted by Crippen LogP contribution is 2.21. The van der Waals surface area contributed by atoms with Crippen LogP contribution in [0.25, 0.3) is 0 Å². The van der Waals surface area contributed by atoms with Crippen molar-refractivity contribution in [1.82, 2.24) is 10.2 Å². The van der Waals surface area contributed by atoms with Crippen LogP contribution in [0.3, 0.4) is 0 Å². The summed E-state index contributed by atoms with van der Waals surface area (Å²) < 4.78 is 5.30. The molecular weight excluding hydrogens is 240 g/mol. The van der Waals surface area contributed by atoms with Gasteiger partial charge in [0.05, 0.1) is 7.11 Å². The molecular formula is C15H22N2O2. The van der Waals surface area contributed by atoms with E-state index in [9.17, 15) is 4.79 Å². The molecule has 104 valence electrons. The van der Waals surface area contributed by atoms with Crippen molar-refractivity contribution in [3.05, 3.63) is 29.3 Å². The quantitative estimate of drug-likeness (QED) is 0.901. The molecule has 1 fully saturated rings. The van der Waals surface area contributed by atoms with Crippen LogP contribution in [0.4, 0.5) is 0 Å². The zero-order valence-electron chi connectivity index (χ0n) is 11.9. The predicted octanol–water partition coefficient (Wildman–Crippen LogP) is 1.69. The van der Waals surface area contributed by atoms with Crippen molar-refractivity contribution in [2.24, 2.45) is 0 Å². The lowest BCUT2D eigenvalue weighted by molar-refractivity contribution is 0.0709. The summed E-state index contributed by atoms with van der Waals surface area (Å²) in [5.74, 6) is 0.971. The molecule has 4 heteroatoms. The molecule has 1 unspecified atom stereocenters. The van der Waals surface area contributed by atoms with Crippen molar-refractivity contribution >= 4 is 5.91 Å². The van der Waals surface area contributed by atoms with Gasteiger partial charge >= 0.3 is 0 Å². The number of rotatable bonds is 3. The Hall–Kier alpha value is -1.55. The Kier molecular flexibility index (Phi) is 4.43. The van der Waals surface area contributed by atoms with Gasteiger partial charge in [-0.05, 0) is 37.1 Å². The van der Waals surface area contributed by atoms with Crippen LogP contribution in [0.2, 0.25) is 0 Å². The summed E-state index contributed by atoms with van der Waals surface area (Å²) in [5, 5.41) is 3.35. The second kappa shape index (κ2) is 6.06. The summed E-state index contributed by atoms with van der Waals surface area (Å²) in [6.45, 7) is 6.58. The number of ether oxygens (including phenoxy) is 1. The van der Waals surface area contributed by atoms with Crippen LogP contribution in [0.1, 0.15) is 29.8 Å². The molecule has 1 atom stereocenters. The van der Waals surface area contributed by atoms with Gasteiger partial charge in [0.25, 0.3) is 5.91 Å². The number of benzene rings is 1. The van der Waals surface area contributed by atoms with Gasteiger partial charge in [0.1, 0.15) is 5.75 Å². The summed E-state index contributed by atoms with van der Waals surface area (Å²) in [7, 11) is 1.66. The molecule has 4 nitrogen and oxygen atoms in total. The molecule has 0 aromatic heterocycles. The van der Waals surface area contributed by atoms with E-state index in [0.29, 0.717) is 6.04 Å². The van der Waals surface area contributed by atoms with Crippen molar-refractivity contribution < 1.29 is 9.53 Å². The van der Waals surface area contributed by atoms with Gasteiger partial charge in [-0.3, -0.25) is 4.79 Å². The maximum atomic E-state index is 12.5. The number of aryl methyl sites for hydroxylation is 1. The Labute approximate surface area is 114 Å². The Morgan fingerprint density at radius 2 is 2.32 bits per heavy atom. The highest BCUT2D eigenvalue weighted by molar-refractivity contribution is 5.94. The first-order valence-corrected chi connectivity index (χ1v) is 6.85. The summed E-state index contributed by atoms with van der Waals surface area (Å²) in [6, 6.07) is 6.06. The molecule has 0 saturated carbocycles. The molecule has 0 bridgehead atoms. The van der Waals surface area contributed by atoms with Crippen molar-refractivity contribution in [3.8, 4) is 5.75 Å². The molecule has 1 heterocycles. The van der Waals surface area contributed by atoms with Crippen LogP contribution < -0.4 is 10.1 Å². The molecule has 0 aliphatic carbocycles. The van der Waals surface area contributed by atoms with Crippen LogP contribution in [-0.2, 0) is 6.42 Å². The number of nitrogens with one attached hydrogen (secondary N) is 1. The molecule has 1 amide bonds. The van der Waals surface area contributed by atoms with Gasteiger partial charge in [-0.1, -0.05) is 6.92 Å². The number of nitrogens with zero attached hydrogens (tertiary/aromatic N) is 1. The normalized spacial score (nSPS) is 19.3. The maximum absolute atomic E-state index is 12.5. The fourth-order valence-electron chi connectivity index (χ4n) is 2.49. The Morgan fingerprint density at radius 3 is 2.95 bits per heavy atom. The third-order valence-electron chi connectivity index (χ3n) is 3.56. The van der Waals surface area contributed by atoms with Gasteiger partial charge in [-0.2, -0.15) is 0 Å². The summed E-state index contributed by atoms with van der Waals surface area (Å²) >= 11 is 0. The number of carbonyl (C=O) groups excluding carboxylic acids is 1. The molecule has 1 aliphatic rings. The second-order valence-electron chi connectivity index (χ2n) is 4.99. The van der Waals surface area contributed by atoms with Crippen LogP contribution in [0.15, 0.2) is 18.2 Å². The van der Waals surface area contributed by atoms with Gasteiger partial charge < -0.3 is 15.0 Å². The lowest BCUT2D eigenvalue weighted by atomic mass is 10.1. The van der Waals surface area contributed by atoms with Gasteiger partial charge in [-0.15, -0.1) is 0 Å². The van der Waals surface area contributed by atoms with E-state index in [1.54, 1.807) is 7.11 Å². The maximum Gasteiger partial charge on any atom is 0.253 e. The second-order valence-corrected chi connectivity index (χ2v) is 4.99. The Balaban J connectivity index is 2.19. The third-order valence-corrected chi connectivity index (χ3v) is 3.56. The minimum atomic E-state index is 0.116. The first kappa shape index (κ1) is 13.9. The predicted molar refractivity (Wildman–Crippen MR) is 75.7 cm³/mol. The Bertz CT molecular complexity index is 459. The SMILES string of the molecule is CCc1cc(C(=O)N2CCNC(C)C2)ccc1OC. The van der Waals surface area contributed by atoms with Crippen molar-refractivity contribution in [3.63, 3.8) is 0 Å². The molecule has 1 N–H and O–H groups in total. The summed E-state index contributed by atoms with van der Waals surface area (Å²) in [6.07, 6.45) is 0.863.